The Kier molecular flexibility index (Phi) is 3.91. The van der Waals surface area contributed by atoms with Gasteiger partial charge in [0.2, 0.25) is 0 Å². The smallest absolute Gasteiger partial charge is 0.0276 e. The molecule has 0 fully saturated rings. The zero-order valence-electron chi connectivity index (χ0n) is 8.64. The summed E-state index contributed by atoms with van der Waals surface area (Å²) < 4.78 is 21.0. The minimum absolute atomic E-state index is 0.115. The Balaban J connectivity index is 4.34. The average molecular weight is 191 g/mol. The van der Waals surface area contributed by atoms with Crippen molar-refractivity contribution in [2.45, 2.75) is 52.2 Å². The van der Waals surface area contributed by atoms with E-state index in [1.165, 1.54) is 0 Å². The van der Waals surface area contributed by atoms with Crippen LogP contribution in [0.1, 0.15) is 47.5 Å². The van der Waals surface area contributed by atoms with Crippen LogP contribution in [-0.4, -0.2) is 13.5 Å². The molecule has 0 N–H and O–H groups in total. The minimum atomic E-state index is -1.97. The highest BCUT2D eigenvalue weighted by atomic mass is 32.2. The molecule has 0 aromatic rings. The van der Waals surface area contributed by atoms with Crippen LogP contribution < -0.4 is 0 Å². The molecule has 0 rings (SSSR count). The van der Waals surface area contributed by atoms with E-state index in [1.807, 2.05) is 0 Å². The molecule has 0 bridgehead atoms. The molecule has 0 aliphatic heterocycles. The first kappa shape index (κ1) is 12.1. The summed E-state index contributed by atoms with van der Waals surface area (Å²) >= 11 is -1.97. The summed E-state index contributed by atoms with van der Waals surface area (Å²) in [4.78, 5) is 0. The molecule has 0 amide bonds. The summed E-state index contributed by atoms with van der Waals surface area (Å²) in [7, 11) is 0. The van der Waals surface area contributed by atoms with Crippen molar-refractivity contribution in [2.24, 2.45) is 5.41 Å². The number of hydrogen-bond acceptors (Lipinski definition) is 2. The molecule has 12 heavy (non-hydrogen) atoms. The van der Waals surface area contributed by atoms with E-state index < -0.39 is 15.8 Å². The van der Waals surface area contributed by atoms with Gasteiger partial charge in [-0.05, 0) is 36.8 Å². The first-order valence-corrected chi connectivity index (χ1v) is 5.38. The molecule has 0 aromatic carbocycles. The largest absolute Gasteiger partial charge is 0.772 e. The first-order valence-electron chi connectivity index (χ1n) is 4.31. The van der Waals surface area contributed by atoms with Crippen LogP contribution in [-0.2, 0) is 11.1 Å². The highest BCUT2D eigenvalue weighted by molar-refractivity contribution is 7.80. The molecule has 0 heterocycles. The van der Waals surface area contributed by atoms with Crippen LogP contribution in [0, 0.1) is 5.41 Å². The van der Waals surface area contributed by atoms with Crippen molar-refractivity contribution in [3.63, 3.8) is 0 Å². The molecule has 0 saturated heterocycles. The van der Waals surface area contributed by atoms with Crippen LogP contribution in [0.5, 0.6) is 0 Å². The molecule has 3 heteroatoms. The van der Waals surface area contributed by atoms with Gasteiger partial charge in [0.05, 0.1) is 0 Å². The van der Waals surface area contributed by atoms with Crippen LogP contribution in [0.4, 0.5) is 0 Å². The molecular formula is C9H19O2S-. The monoisotopic (exact) mass is 191 g/mol. The van der Waals surface area contributed by atoms with Crippen LogP contribution >= 0.6 is 0 Å². The van der Waals surface area contributed by atoms with E-state index in [0.29, 0.717) is 6.42 Å². The highest BCUT2D eigenvalue weighted by Crippen LogP contribution is 2.33. The maximum Gasteiger partial charge on any atom is 0.0276 e. The summed E-state index contributed by atoms with van der Waals surface area (Å²) in [5.41, 5.74) is 0.115. The molecule has 1 unspecified atom stereocenters. The van der Waals surface area contributed by atoms with Gasteiger partial charge in [-0.2, -0.15) is 0 Å². The van der Waals surface area contributed by atoms with Crippen molar-refractivity contribution in [1.29, 1.82) is 0 Å². The molecule has 0 radical (unpaired) electrons. The topological polar surface area (TPSA) is 40.1 Å². The van der Waals surface area contributed by atoms with Gasteiger partial charge in [-0.1, -0.05) is 27.2 Å². The lowest BCUT2D eigenvalue weighted by Crippen LogP contribution is -2.32. The van der Waals surface area contributed by atoms with Crippen LogP contribution in [0.2, 0.25) is 0 Å². The van der Waals surface area contributed by atoms with Crippen molar-refractivity contribution in [3.05, 3.63) is 0 Å². The Morgan fingerprint density at radius 2 is 1.67 bits per heavy atom. The SMILES string of the molecule is CCC(C)(C)CC(C)(C)S(=O)[O-]. The van der Waals surface area contributed by atoms with Crippen molar-refractivity contribution in [1.82, 2.24) is 0 Å². The van der Waals surface area contributed by atoms with Gasteiger partial charge in [0, 0.05) is 4.75 Å². The first-order chi connectivity index (χ1) is 5.21. The maximum atomic E-state index is 10.8. The second-order valence-electron chi connectivity index (χ2n) is 4.69. The van der Waals surface area contributed by atoms with E-state index >= 15 is 0 Å². The van der Waals surface area contributed by atoms with Gasteiger partial charge >= 0.3 is 0 Å². The van der Waals surface area contributed by atoms with Crippen LogP contribution in [0.25, 0.3) is 0 Å². The maximum absolute atomic E-state index is 10.8. The average Bonchev–Trinajstić information content (AvgIpc) is 1.85. The molecule has 0 aliphatic rings. The zero-order chi connectivity index (χ0) is 9.99. The van der Waals surface area contributed by atoms with Crippen molar-refractivity contribution >= 4 is 11.1 Å². The molecule has 0 aromatic heterocycles. The lowest BCUT2D eigenvalue weighted by atomic mass is 9.81. The van der Waals surface area contributed by atoms with Gasteiger partial charge in [0.15, 0.2) is 0 Å². The highest BCUT2D eigenvalue weighted by Gasteiger charge is 2.28. The van der Waals surface area contributed by atoms with E-state index in [4.69, 9.17) is 0 Å². The van der Waals surface area contributed by atoms with E-state index in [1.54, 1.807) is 13.8 Å². The molecule has 0 saturated carbocycles. The fourth-order valence-electron chi connectivity index (χ4n) is 1.34. The van der Waals surface area contributed by atoms with E-state index in [0.717, 1.165) is 6.42 Å². The van der Waals surface area contributed by atoms with Gasteiger partial charge in [-0.25, -0.2) is 0 Å². The van der Waals surface area contributed by atoms with E-state index in [-0.39, 0.29) is 5.41 Å². The third-order valence-corrected chi connectivity index (χ3v) is 3.36. The Hall–Kier alpha value is 0.110. The summed E-state index contributed by atoms with van der Waals surface area (Å²) in [6, 6.07) is 0. The van der Waals surface area contributed by atoms with E-state index in [2.05, 4.69) is 20.8 Å². The summed E-state index contributed by atoms with van der Waals surface area (Å²) in [6.07, 6.45) is 1.72. The Morgan fingerprint density at radius 3 is 1.92 bits per heavy atom. The normalized spacial score (nSPS) is 16.2. The number of hydrogen-bond donors (Lipinski definition) is 0. The standard InChI is InChI=1S/C9H20O2S/c1-6-8(2,3)7-9(4,5)12(10)11/h6-7H2,1-5H3,(H,10,11)/p-1. The second-order valence-corrected chi connectivity index (χ2v) is 6.26. The molecular weight excluding hydrogens is 172 g/mol. The molecule has 74 valence electrons. The Morgan fingerprint density at radius 1 is 1.25 bits per heavy atom. The van der Waals surface area contributed by atoms with Gasteiger partial charge in [0.25, 0.3) is 0 Å². The van der Waals surface area contributed by atoms with Crippen LogP contribution in [0.15, 0.2) is 0 Å². The quantitative estimate of drug-likeness (QED) is 0.640. The zero-order valence-corrected chi connectivity index (χ0v) is 9.46. The molecule has 0 spiro atoms. The molecule has 1 atom stereocenters. The van der Waals surface area contributed by atoms with Gasteiger partial charge in [-0.3, -0.25) is 4.21 Å². The Labute approximate surface area is 78.0 Å². The third kappa shape index (κ3) is 3.68. The second kappa shape index (κ2) is 3.88. The third-order valence-electron chi connectivity index (χ3n) is 2.31. The van der Waals surface area contributed by atoms with E-state index in [9.17, 15) is 8.76 Å². The van der Waals surface area contributed by atoms with Crippen molar-refractivity contribution < 1.29 is 8.76 Å². The minimum Gasteiger partial charge on any atom is -0.772 e. The van der Waals surface area contributed by atoms with Gasteiger partial charge in [-0.15, -0.1) is 0 Å². The lowest BCUT2D eigenvalue weighted by molar-refractivity contribution is 0.282. The number of rotatable bonds is 4. The molecule has 0 aliphatic carbocycles. The lowest BCUT2D eigenvalue weighted by Gasteiger charge is -2.35. The van der Waals surface area contributed by atoms with Crippen LogP contribution in [0.3, 0.4) is 0 Å². The van der Waals surface area contributed by atoms with Gasteiger partial charge in [0.1, 0.15) is 0 Å². The fraction of sp³-hybridized carbons (Fsp3) is 1.00. The summed E-state index contributed by atoms with van der Waals surface area (Å²) in [5.74, 6) is 0. The predicted octanol–water partition coefficient (Wildman–Crippen LogP) is 2.47. The van der Waals surface area contributed by atoms with Gasteiger partial charge < -0.3 is 4.55 Å². The fourth-order valence-corrected chi connectivity index (χ4v) is 1.84. The van der Waals surface area contributed by atoms with Crippen molar-refractivity contribution in [2.75, 3.05) is 0 Å². The van der Waals surface area contributed by atoms with Crippen molar-refractivity contribution in [3.8, 4) is 0 Å². The predicted molar refractivity (Wildman–Crippen MR) is 51.7 cm³/mol. The summed E-state index contributed by atoms with van der Waals surface area (Å²) in [5, 5.41) is 0. The summed E-state index contributed by atoms with van der Waals surface area (Å²) in [6.45, 7) is 9.83. The Bertz CT molecular complexity index is 173. The molecule has 2 nitrogen and oxygen atoms in total.